The molecular weight excluding hydrogens is 386 g/mol. The van der Waals surface area contributed by atoms with Gasteiger partial charge in [-0.05, 0) is 37.6 Å². The molecule has 0 fully saturated rings. The van der Waals surface area contributed by atoms with Gasteiger partial charge in [0.15, 0.2) is 6.61 Å². The molecule has 2 aromatic carbocycles. The van der Waals surface area contributed by atoms with Crippen molar-refractivity contribution >= 4 is 28.8 Å². The quantitative estimate of drug-likeness (QED) is 0.700. The van der Waals surface area contributed by atoms with E-state index in [0.717, 1.165) is 21.8 Å². The van der Waals surface area contributed by atoms with Crippen molar-refractivity contribution in [3.05, 3.63) is 64.5 Å². The smallest absolute Gasteiger partial charge is 0.265 e. The summed E-state index contributed by atoms with van der Waals surface area (Å²) in [4.78, 5) is 31.1. The van der Waals surface area contributed by atoms with E-state index in [-0.39, 0.29) is 31.0 Å². The molecule has 0 saturated heterocycles. The van der Waals surface area contributed by atoms with E-state index in [2.05, 4.69) is 10.3 Å². The third kappa shape index (κ3) is 4.14. The van der Waals surface area contributed by atoms with Crippen LogP contribution in [0.5, 0.6) is 5.75 Å². The average Bonchev–Trinajstić information content (AvgIpc) is 3.17. The first-order chi connectivity index (χ1) is 14.0. The molecule has 6 nitrogen and oxygen atoms in total. The lowest BCUT2D eigenvalue weighted by atomic mass is 10.1. The molecule has 148 valence electrons. The molecule has 1 aromatic heterocycles. The number of carbonyl (C=O) groups excluding carboxylic acids is 2. The fraction of sp³-hybridized carbons (Fsp3) is 0.227. The SMILES string of the molecule is Cc1nc(-c2ccc3c(c2)N(CC(=O)NC(C)c2ccccc2)C(=O)CO3)cs1. The molecule has 0 bridgehead atoms. The molecule has 0 spiro atoms. The number of hydrogen-bond acceptors (Lipinski definition) is 5. The number of benzene rings is 2. The van der Waals surface area contributed by atoms with Crippen LogP contribution in [0.15, 0.2) is 53.9 Å². The van der Waals surface area contributed by atoms with E-state index in [4.69, 9.17) is 4.74 Å². The van der Waals surface area contributed by atoms with Gasteiger partial charge in [-0.15, -0.1) is 11.3 Å². The van der Waals surface area contributed by atoms with Crippen molar-refractivity contribution in [2.45, 2.75) is 19.9 Å². The molecule has 7 heteroatoms. The molecule has 2 heterocycles. The standard InChI is InChI=1S/C22H21N3O3S/c1-14(16-6-4-3-5-7-16)23-21(26)11-25-19-10-17(18-13-29-15(2)24-18)8-9-20(19)28-12-22(25)27/h3-10,13-14H,11-12H2,1-2H3,(H,23,26). The highest BCUT2D eigenvalue weighted by Gasteiger charge is 2.28. The van der Waals surface area contributed by atoms with Gasteiger partial charge in [0.05, 0.1) is 22.4 Å². The van der Waals surface area contributed by atoms with Crippen LogP contribution in [-0.4, -0.2) is 29.9 Å². The summed E-state index contributed by atoms with van der Waals surface area (Å²) in [6, 6.07) is 15.2. The molecule has 1 unspecified atom stereocenters. The number of fused-ring (bicyclic) bond motifs is 1. The summed E-state index contributed by atoms with van der Waals surface area (Å²) >= 11 is 1.57. The molecule has 29 heavy (non-hydrogen) atoms. The number of rotatable bonds is 5. The Bertz CT molecular complexity index is 1050. The third-order valence-electron chi connectivity index (χ3n) is 4.80. The normalized spacial score (nSPS) is 14.1. The van der Waals surface area contributed by atoms with Crippen molar-refractivity contribution < 1.29 is 14.3 Å². The Labute approximate surface area is 173 Å². The molecule has 0 saturated carbocycles. The number of anilines is 1. The highest BCUT2D eigenvalue weighted by molar-refractivity contribution is 7.09. The number of amides is 2. The molecular formula is C22H21N3O3S. The lowest BCUT2D eigenvalue weighted by Gasteiger charge is -2.29. The monoisotopic (exact) mass is 407 g/mol. The van der Waals surface area contributed by atoms with Gasteiger partial charge < -0.3 is 10.1 Å². The van der Waals surface area contributed by atoms with Crippen LogP contribution in [-0.2, 0) is 9.59 Å². The summed E-state index contributed by atoms with van der Waals surface area (Å²) in [5.74, 6) is 0.119. The van der Waals surface area contributed by atoms with Gasteiger partial charge in [-0.3, -0.25) is 14.5 Å². The van der Waals surface area contributed by atoms with Gasteiger partial charge in [0.1, 0.15) is 12.3 Å². The highest BCUT2D eigenvalue weighted by atomic mass is 32.1. The van der Waals surface area contributed by atoms with E-state index >= 15 is 0 Å². The Balaban J connectivity index is 1.55. The fourth-order valence-corrected chi connectivity index (χ4v) is 3.91. The Morgan fingerprint density at radius 3 is 2.79 bits per heavy atom. The van der Waals surface area contributed by atoms with Crippen LogP contribution in [0.25, 0.3) is 11.3 Å². The van der Waals surface area contributed by atoms with Gasteiger partial charge in [0.2, 0.25) is 5.91 Å². The number of nitrogens with one attached hydrogen (secondary N) is 1. The maximum atomic E-state index is 12.7. The first kappa shape index (κ1) is 19.1. The van der Waals surface area contributed by atoms with Gasteiger partial charge in [0.25, 0.3) is 5.91 Å². The number of thiazole rings is 1. The van der Waals surface area contributed by atoms with Crippen molar-refractivity contribution in [3.63, 3.8) is 0 Å². The Hall–Kier alpha value is -3.19. The number of aromatic nitrogens is 1. The average molecular weight is 407 g/mol. The summed E-state index contributed by atoms with van der Waals surface area (Å²) in [6.07, 6.45) is 0. The topological polar surface area (TPSA) is 71.5 Å². The minimum absolute atomic E-state index is 0.0636. The summed E-state index contributed by atoms with van der Waals surface area (Å²) in [5.41, 5.74) is 3.33. The van der Waals surface area contributed by atoms with E-state index in [0.29, 0.717) is 11.4 Å². The first-order valence-corrected chi connectivity index (χ1v) is 10.2. The number of ether oxygens (including phenoxy) is 1. The predicted octanol–water partition coefficient (Wildman–Crippen LogP) is 3.72. The van der Waals surface area contributed by atoms with E-state index in [1.54, 1.807) is 11.3 Å². The van der Waals surface area contributed by atoms with Gasteiger partial charge in [-0.1, -0.05) is 30.3 Å². The second kappa shape index (κ2) is 8.05. The molecule has 1 atom stereocenters. The molecule has 1 aliphatic rings. The summed E-state index contributed by atoms with van der Waals surface area (Å²) in [5, 5.41) is 5.90. The van der Waals surface area contributed by atoms with Crippen molar-refractivity contribution in [1.29, 1.82) is 0 Å². The van der Waals surface area contributed by atoms with Crippen LogP contribution in [0.3, 0.4) is 0 Å². The second-order valence-corrected chi connectivity index (χ2v) is 7.96. The molecule has 1 N–H and O–H groups in total. The van der Waals surface area contributed by atoms with Crippen LogP contribution in [0, 0.1) is 6.92 Å². The minimum atomic E-state index is -0.244. The van der Waals surface area contributed by atoms with E-state index in [1.807, 2.05) is 67.8 Å². The highest BCUT2D eigenvalue weighted by Crippen LogP contribution is 2.36. The van der Waals surface area contributed by atoms with E-state index < -0.39 is 0 Å². The van der Waals surface area contributed by atoms with Crippen LogP contribution in [0.1, 0.15) is 23.5 Å². The molecule has 3 aromatic rings. The summed E-state index contributed by atoms with van der Waals surface area (Å²) < 4.78 is 5.55. The van der Waals surface area contributed by atoms with Crippen molar-refractivity contribution in [2.75, 3.05) is 18.1 Å². The van der Waals surface area contributed by atoms with Crippen LogP contribution in [0.2, 0.25) is 0 Å². The third-order valence-corrected chi connectivity index (χ3v) is 5.57. The second-order valence-electron chi connectivity index (χ2n) is 6.90. The molecule has 0 aliphatic carbocycles. The van der Waals surface area contributed by atoms with Crippen molar-refractivity contribution in [1.82, 2.24) is 10.3 Å². The van der Waals surface area contributed by atoms with Crippen molar-refractivity contribution in [3.8, 4) is 17.0 Å². The van der Waals surface area contributed by atoms with Gasteiger partial charge in [-0.25, -0.2) is 4.98 Å². The lowest BCUT2D eigenvalue weighted by Crippen LogP contribution is -2.45. The summed E-state index contributed by atoms with van der Waals surface area (Å²) in [6.45, 7) is 3.73. The Morgan fingerprint density at radius 1 is 1.28 bits per heavy atom. The predicted molar refractivity (Wildman–Crippen MR) is 113 cm³/mol. The van der Waals surface area contributed by atoms with Crippen LogP contribution in [0.4, 0.5) is 5.69 Å². The van der Waals surface area contributed by atoms with Gasteiger partial charge >= 0.3 is 0 Å². The Kier molecular flexibility index (Phi) is 5.31. The molecule has 4 rings (SSSR count). The molecule has 1 aliphatic heterocycles. The van der Waals surface area contributed by atoms with Crippen LogP contribution < -0.4 is 15.0 Å². The van der Waals surface area contributed by atoms with E-state index in [1.165, 1.54) is 4.90 Å². The maximum Gasteiger partial charge on any atom is 0.265 e. The zero-order valence-electron chi connectivity index (χ0n) is 16.2. The zero-order chi connectivity index (χ0) is 20.4. The lowest BCUT2D eigenvalue weighted by molar-refractivity contribution is -0.125. The largest absolute Gasteiger partial charge is 0.482 e. The number of hydrogen-bond donors (Lipinski definition) is 1. The van der Waals surface area contributed by atoms with Crippen LogP contribution >= 0.6 is 11.3 Å². The molecule has 2 amide bonds. The van der Waals surface area contributed by atoms with Gasteiger partial charge in [0, 0.05) is 10.9 Å². The number of nitrogens with zero attached hydrogens (tertiary/aromatic N) is 2. The van der Waals surface area contributed by atoms with E-state index in [9.17, 15) is 9.59 Å². The minimum Gasteiger partial charge on any atom is -0.482 e. The zero-order valence-corrected chi connectivity index (χ0v) is 17.0. The number of aryl methyl sites for hydroxylation is 1. The number of carbonyl (C=O) groups is 2. The maximum absolute atomic E-state index is 12.7. The Morgan fingerprint density at radius 2 is 2.07 bits per heavy atom. The summed E-state index contributed by atoms with van der Waals surface area (Å²) in [7, 11) is 0. The van der Waals surface area contributed by atoms with Gasteiger partial charge in [-0.2, -0.15) is 0 Å². The molecule has 0 radical (unpaired) electrons. The van der Waals surface area contributed by atoms with Crippen molar-refractivity contribution in [2.24, 2.45) is 0 Å². The first-order valence-electron chi connectivity index (χ1n) is 9.35. The fourth-order valence-electron chi connectivity index (χ4n) is 3.29.